The number of ether oxygens (including phenoxy) is 2. The van der Waals surface area contributed by atoms with E-state index >= 15 is 0 Å². The van der Waals surface area contributed by atoms with E-state index in [2.05, 4.69) is 20.1 Å². The van der Waals surface area contributed by atoms with Crippen molar-refractivity contribution >= 4 is 16.5 Å². The smallest absolute Gasteiger partial charge is 0.208 e. The first-order valence-electron chi connectivity index (χ1n) is 7.91. The van der Waals surface area contributed by atoms with Crippen LogP contribution in [0.25, 0.3) is 0 Å². The number of hydrogen-bond donors (Lipinski definition) is 0. The van der Waals surface area contributed by atoms with Crippen molar-refractivity contribution in [1.29, 1.82) is 0 Å². The highest BCUT2D eigenvalue weighted by molar-refractivity contribution is 7.15. The molecule has 122 valence electrons. The van der Waals surface area contributed by atoms with Crippen molar-refractivity contribution in [2.24, 2.45) is 5.92 Å². The second kappa shape index (κ2) is 6.14. The summed E-state index contributed by atoms with van der Waals surface area (Å²) in [6, 6.07) is 3.98. The molecule has 2 aromatic rings. The zero-order chi connectivity index (χ0) is 15.7. The highest BCUT2D eigenvalue weighted by Crippen LogP contribution is 2.42. The summed E-state index contributed by atoms with van der Waals surface area (Å²) in [5.41, 5.74) is 1.10. The van der Waals surface area contributed by atoms with Gasteiger partial charge in [0.15, 0.2) is 0 Å². The number of hydrogen-bond acceptors (Lipinski definition) is 7. The minimum Gasteiger partial charge on any atom is -0.376 e. The number of aromatic nitrogens is 3. The number of anilines is 1. The monoisotopic (exact) mass is 332 g/mol. The minimum absolute atomic E-state index is 0.0577. The molecule has 4 heterocycles. The summed E-state index contributed by atoms with van der Waals surface area (Å²) in [6.07, 6.45) is 4.67. The maximum absolute atomic E-state index is 6.08. The standard InChI is InChI=1S/C16H20N4O2S/c1-12-18-19-15(23-12)20-10-16(11-20)14(4-7-22-16)9-21-8-13-2-5-17-6-3-13/h2-3,5-6,14H,4,7-11H2,1H3/t14-/m0/s1. The van der Waals surface area contributed by atoms with Gasteiger partial charge >= 0.3 is 0 Å². The molecule has 2 saturated heterocycles. The van der Waals surface area contributed by atoms with Crippen LogP contribution in [0.3, 0.4) is 0 Å². The average molecular weight is 332 g/mol. The van der Waals surface area contributed by atoms with E-state index in [1.807, 2.05) is 19.1 Å². The van der Waals surface area contributed by atoms with Gasteiger partial charge in [-0.25, -0.2) is 0 Å². The number of rotatable bonds is 5. The van der Waals surface area contributed by atoms with Gasteiger partial charge in [0.05, 0.1) is 26.3 Å². The predicted octanol–water partition coefficient (Wildman–Crippen LogP) is 2.05. The van der Waals surface area contributed by atoms with Crippen molar-refractivity contribution in [3.8, 4) is 0 Å². The molecular weight excluding hydrogens is 312 g/mol. The van der Waals surface area contributed by atoms with Crippen molar-refractivity contribution in [3.05, 3.63) is 35.1 Å². The first-order chi connectivity index (χ1) is 11.3. The molecule has 0 aromatic carbocycles. The normalized spacial score (nSPS) is 22.5. The molecule has 7 heteroatoms. The van der Waals surface area contributed by atoms with Crippen LogP contribution in [0, 0.1) is 12.8 Å². The third-order valence-electron chi connectivity index (χ3n) is 4.64. The summed E-state index contributed by atoms with van der Waals surface area (Å²) in [5.74, 6) is 0.453. The van der Waals surface area contributed by atoms with E-state index < -0.39 is 0 Å². The highest BCUT2D eigenvalue weighted by atomic mass is 32.1. The quantitative estimate of drug-likeness (QED) is 0.835. The molecule has 6 nitrogen and oxygen atoms in total. The third-order valence-corrected chi connectivity index (χ3v) is 5.54. The van der Waals surface area contributed by atoms with Crippen LogP contribution in [0.15, 0.2) is 24.5 Å². The van der Waals surface area contributed by atoms with Crippen molar-refractivity contribution in [2.75, 3.05) is 31.2 Å². The summed E-state index contributed by atoms with van der Waals surface area (Å²) in [4.78, 5) is 6.28. The lowest BCUT2D eigenvalue weighted by atomic mass is 9.81. The van der Waals surface area contributed by atoms with Crippen molar-refractivity contribution in [1.82, 2.24) is 15.2 Å². The molecular formula is C16H20N4O2S. The van der Waals surface area contributed by atoms with Crippen LogP contribution in [0.5, 0.6) is 0 Å². The van der Waals surface area contributed by atoms with Crippen LogP contribution < -0.4 is 4.90 Å². The van der Waals surface area contributed by atoms with Gasteiger partial charge in [-0.1, -0.05) is 11.3 Å². The van der Waals surface area contributed by atoms with E-state index in [-0.39, 0.29) is 5.60 Å². The van der Waals surface area contributed by atoms with E-state index in [1.54, 1.807) is 23.7 Å². The first kappa shape index (κ1) is 15.0. The van der Waals surface area contributed by atoms with Crippen molar-refractivity contribution < 1.29 is 9.47 Å². The molecule has 2 aliphatic rings. The fraction of sp³-hybridized carbons (Fsp3) is 0.562. The van der Waals surface area contributed by atoms with Crippen LogP contribution >= 0.6 is 11.3 Å². The summed E-state index contributed by atoms with van der Waals surface area (Å²) in [5, 5.41) is 10.3. The van der Waals surface area contributed by atoms with Crippen molar-refractivity contribution in [3.63, 3.8) is 0 Å². The molecule has 2 aliphatic heterocycles. The van der Waals surface area contributed by atoms with Gasteiger partial charge in [-0.15, -0.1) is 10.2 Å². The van der Waals surface area contributed by atoms with Gasteiger partial charge in [0.25, 0.3) is 0 Å². The van der Waals surface area contributed by atoms with Gasteiger partial charge < -0.3 is 14.4 Å². The molecule has 0 amide bonds. The SMILES string of the molecule is Cc1nnc(N2CC3(C2)OCC[C@H]3COCc2ccncc2)s1. The van der Waals surface area contributed by atoms with Gasteiger partial charge in [-0.3, -0.25) is 4.98 Å². The van der Waals surface area contributed by atoms with Gasteiger partial charge in [0, 0.05) is 24.9 Å². The second-order valence-corrected chi connectivity index (χ2v) is 7.39. The predicted molar refractivity (Wildman–Crippen MR) is 87.5 cm³/mol. The Morgan fingerprint density at radius 3 is 2.91 bits per heavy atom. The molecule has 23 heavy (non-hydrogen) atoms. The van der Waals surface area contributed by atoms with E-state index in [9.17, 15) is 0 Å². The number of aryl methyl sites for hydroxylation is 1. The van der Waals surface area contributed by atoms with Crippen LogP contribution in [0.2, 0.25) is 0 Å². The van der Waals surface area contributed by atoms with E-state index in [0.717, 1.165) is 48.4 Å². The first-order valence-corrected chi connectivity index (χ1v) is 8.72. The zero-order valence-corrected chi connectivity index (χ0v) is 14.0. The van der Waals surface area contributed by atoms with E-state index in [1.165, 1.54) is 0 Å². The van der Waals surface area contributed by atoms with Gasteiger partial charge in [-0.05, 0) is 31.0 Å². The van der Waals surface area contributed by atoms with Crippen LogP contribution in [0.1, 0.15) is 17.0 Å². The Morgan fingerprint density at radius 1 is 1.35 bits per heavy atom. The fourth-order valence-corrected chi connectivity index (χ4v) is 4.00. The average Bonchev–Trinajstić information content (AvgIpc) is 3.13. The Hall–Kier alpha value is -1.57. The zero-order valence-electron chi connectivity index (χ0n) is 13.1. The lowest BCUT2D eigenvalue weighted by Gasteiger charge is -2.49. The van der Waals surface area contributed by atoms with E-state index in [4.69, 9.17) is 9.47 Å². The Kier molecular flexibility index (Phi) is 4.00. The minimum atomic E-state index is -0.0577. The molecule has 1 spiro atoms. The second-order valence-electron chi connectivity index (χ2n) is 6.23. The highest BCUT2D eigenvalue weighted by Gasteiger charge is 2.53. The maximum Gasteiger partial charge on any atom is 0.208 e. The molecule has 4 rings (SSSR count). The van der Waals surface area contributed by atoms with Gasteiger partial charge in [0.1, 0.15) is 10.6 Å². The van der Waals surface area contributed by atoms with Crippen molar-refractivity contribution in [2.45, 2.75) is 25.6 Å². The lowest BCUT2D eigenvalue weighted by molar-refractivity contribution is -0.0652. The van der Waals surface area contributed by atoms with Gasteiger partial charge in [0.2, 0.25) is 5.13 Å². The molecule has 2 fully saturated rings. The Morgan fingerprint density at radius 2 is 2.17 bits per heavy atom. The Labute approximate surface area is 139 Å². The maximum atomic E-state index is 6.08. The third kappa shape index (κ3) is 2.96. The molecule has 0 bridgehead atoms. The molecule has 0 saturated carbocycles. The summed E-state index contributed by atoms with van der Waals surface area (Å²) in [6.45, 7) is 5.97. The molecule has 2 aromatic heterocycles. The van der Waals surface area contributed by atoms with Crippen LogP contribution in [-0.4, -0.2) is 47.1 Å². The molecule has 0 N–H and O–H groups in total. The molecule has 1 atom stereocenters. The lowest BCUT2D eigenvalue weighted by Crippen LogP contribution is -2.65. The molecule has 0 aliphatic carbocycles. The number of pyridine rings is 1. The largest absolute Gasteiger partial charge is 0.376 e. The fourth-order valence-electron chi connectivity index (χ4n) is 3.32. The van der Waals surface area contributed by atoms with E-state index in [0.29, 0.717) is 12.5 Å². The summed E-state index contributed by atoms with van der Waals surface area (Å²) >= 11 is 1.64. The van der Waals surface area contributed by atoms with Crippen LogP contribution in [-0.2, 0) is 16.1 Å². The molecule has 0 unspecified atom stereocenters. The number of nitrogens with zero attached hydrogens (tertiary/aromatic N) is 4. The Bertz CT molecular complexity index is 657. The summed E-state index contributed by atoms with van der Waals surface area (Å²) in [7, 11) is 0. The topological polar surface area (TPSA) is 60.4 Å². The van der Waals surface area contributed by atoms with Crippen LogP contribution in [0.4, 0.5) is 5.13 Å². The summed E-state index contributed by atoms with van der Waals surface area (Å²) < 4.78 is 12.0. The molecule has 0 radical (unpaired) electrons. The van der Waals surface area contributed by atoms with Gasteiger partial charge in [-0.2, -0.15) is 0 Å². The Balaban J connectivity index is 1.31.